The molecule has 0 rings (SSSR count). The van der Waals surface area contributed by atoms with Gasteiger partial charge in [-0.1, -0.05) is 0 Å². The number of diazo groups is 1. The summed E-state index contributed by atoms with van der Waals surface area (Å²) in [6.07, 6.45) is 0. The van der Waals surface area contributed by atoms with Gasteiger partial charge in [0.15, 0.2) is 0 Å². The average molecular weight is 116 g/mol. The first-order valence-corrected chi connectivity index (χ1v) is 1.79. The zero-order valence-corrected chi connectivity index (χ0v) is 4.79. The van der Waals surface area contributed by atoms with Gasteiger partial charge in [-0.15, -0.1) is 0 Å². The van der Waals surface area contributed by atoms with E-state index in [1.807, 2.05) is 0 Å². The second kappa shape index (κ2) is 17.7. The van der Waals surface area contributed by atoms with Crippen LogP contribution in [0.3, 0.4) is 0 Å². The summed E-state index contributed by atoms with van der Waals surface area (Å²) in [5.74, 6) is 0. The van der Waals surface area contributed by atoms with Crippen LogP contribution in [0.25, 0.3) is 5.08 Å². The third-order valence-electron chi connectivity index (χ3n) is 0.200. The lowest BCUT2D eigenvalue weighted by atomic mass is 11.5. The average Bonchev–Trinajstić information content (AvgIpc) is 1.88. The summed E-state index contributed by atoms with van der Waals surface area (Å²) in [5, 5.41) is 12.9. The van der Waals surface area contributed by atoms with Gasteiger partial charge in [0.05, 0.1) is 7.05 Å². The van der Waals surface area contributed by atoms with Gasteiger partial charge in [0.1, 0.15) is 17.7 Å². The Bertz CT molecular complexity index is 104. The molecule has 6 heteroatoms. The van der Waals surface area contributed by atoms with Crippen molar-refractivity contribution < 1.29 is 0 Å². The normalized spacial score (nSPS) is 4.12. The van der Waals surface area contributed by atoms with Gasteiger partial charge >= 0.3 is 5.08 Å². The third-order valence-corrected chi connectivity index (χ3v) is 0.200. The van der Waals surface area contributed by atoms with Gasteiger partial charge in [0.2, 0.25) is 4.91 Å². The molecule has 0 amide bonds. The maximum Gasteiger partial charge on any atom is 0.302 e. The van der Waals surface area contributed by atoms with Crippen molar-refractivity contribution in [3.63, 3.8) is 0 Å². The Balaban J connectivity index is 0. The molecule has 0 aliphatic carbocycles. The van der Waals surface area contributed by atoms with Crippen LogP contribution in [0.1, 0.15) is 0 Å². The molecule has 0 bridgehead atoms. The largest absolute Gasteiger partial charge is 0.302 e. The van der Waals surface area contributed by atoms with Crippen LogP contribution < -0.4 is 10.3 Å². The zero-order valence-electron chi connectivity index (χ0n) is 4.79. The first kappa shape index (κ1) is 9.73. The van der Waals surface area contributed by atoms with Crippen molar-refractivity contribution in [2.45, 2.75) is 0 Å². The Morgan fingerprint density at radius 2 is 2.00 bits per heavy atom. The van der Waals surface area contributed by atoms with Gasteiger partial charge in [-0.2, -0.15) is 0 Å². The summed E-state index contributed by atoms with van der Waals surface area (Å²) in [6.45, 7) is 0. The van der Waals surface area contributed by atoms with E-state index in [1.165, 1.54) is 14.1 Å². The van der Waals surface area contributed by atoms with Crippen LogP contribution in [0, 0.1) is 10.9 Å². The molecular weight excluding hydrogens is 108 g/mol. The van der Waals surface area contributed by atoms with Crippen molar-refractivity contribution in [3.8, 4) is 0 Å². The molecule has 0 aromatic carbocycles. The van der Waals surface area contributed by atoms with E-state index in [0.29, 0.717) is 0 Å². The zero-order chi connectivity index (χ0) is 6.83. The fourth-order valence-electron chi connectivity index (χ4n) is 0. The SMILES string of the molecule is CN=[N+]=N.CN[N+]#N. The minimum absolute atomic E-state index is 1.45. The molecule has 0 atom stereocenters. The van der Waals surface area contributed by atoms with Crippen LogP contribution >= 0.6 is 0 Å². The van der Waals surface area contributed by atoms with Crippen molar-refractivity contribution in [2.75, 3.05) is 14.1 Å². The molecule has 0 aromatic rings. The van der Waals surface area contributed by atoms with E-state index in [2.05, 4.69) is 20.5 Å². The summed E-state index contributed by atoms with van der Waals surface area (Å²) in [7, 11) is 2.97. The van der Waals surface area contributed by atoms with E-state index in [1.54, 1.807) is 0 Å². The van der Waals surface area contributed by atoms with E-state index in [4.69, 9.17) is 10.9 Å². The van der Waals surface area contributed by atoms with E-state index in [9.17, 15) is 0 Å². The number of hydrogen-bond acceptors (Lipinski definition) is 4. The van der Waals surface area contributed by atoms with Crippen LogP contribution in [-0.2, 0) is 0 Å². The van der Waals surface area contributed by atoms with Gasteiger partial charge in [-0.3, -0.25) is 0 Å². The molecule has 0 radical (unpaired) electrons. The molecule has 0 aromatic heterocycles. The van der Waals surface area contributed by atoms with Crippen LogP contribution in [-0.4, -0.2) is 14.1 Å². The molecule has 0 spiro atoms. The van der Waals surface area contributed by atoms with E-state index in [-0.39, 0.29) is 0 Å². The molecule has 0 aliphatic rings. The molecule has 0 heterocycles. The second-order valence-electron chi connectivity index (χ2n) is 0.624. The summed E-state index contributed by atoms with van der Waals surface area (Å²) in [5.41, 5.74) is 8.02. The molecular formula is C2H8N6+2. The number of nitrogens with zero attached hydrogens (tertiary/aromatic N) is 4. The fourth-order valence-corrected chi connectivity index (χ4v) is 0. The summed E-state index contributed by atoms with van der Waals surface area (Å²) in [4.78, 5) is 2.61. The monoisotopic (exact) mass is 116 g/mol. The summed E-state index contributed by atoms with van der Waals surface area (Å²) >= 11 is 0. The highest BCUT2D eigenvalue weighted by Crippen LogP contribution is 1.30. The first-order valence-electron chi connectivity index (χ1n) is 1.79. The molecule has 0 fully saturated rings. The Kier molecular flexibility index (Phi) is 21.6. The lowest BCUT2D eigenvalue weighted by Crippen LogP contribution is -1.84. The summed E-state index contributed by atoms with van der Waals surface area (Å²) < 4.78 is 0. The second-order valence-corrected chi connectivity index (χ2v) is 0.624. The van der Waals surface area contributed by atoms with Crippen molar-refractivity contribution >= 4 is 0 Å². The minimum Gasteiger partial charge on any atom is -0.0474 e. The molecule has 0 aliphatic heterocycles. The molecule has 44 valence electrons. The highest BCUT2D eigenvalue weighted by atomic mass is 15.3. The highest BCUT2D eigenvalue weighted by Gasteiger charge is 1.59. The third kappa shape index (κ3) is 201. The molecule has 0 saturated carbocycles. The quantitative estimate of drug-likeness (QED) is 0.204. The van der Waals surface area contributed by atoms with Gasteiger partial charge in [-0.05, 0) is 5.43 Å². The van der Waals surface area contributed by atoms with Crippen LogP contribution in [0.2, 0.25) is 0 Å². The van der Waals surface area contributed by atoms with Gasteiger partial charge in [0, 0.05) is 0 Å². The van der Waals surface area contributed by atoms with E-state index >= 15 is 0 Å². The predicted octanol–water partition coefficient (Wildman–Crippen LogP) is 0.140. The van der Waals surface area contributed by atoms with Crippen LogP contribution in [0.15, 0.2) is 5.11 Å². The van der Waals surface area contributed by atoms with Crippen LogP contribution in [0.5, 0.6) is 0 Å². The van der Waals surface area contributed by atoms with Gasteiger partial charge < -0.3 is 0 Å². The van der Waals surface area contributed by atoms with Crippen molar-refractivity contribution in [1.29, 1.82) is 10.9 Å². The standard InChI is InChI=1S/2CH4N3/c2*1-3-4-2/h3H,1H3;2H,1H3/q2*+1. The maximum atomic E-state index is 7.39. The summed E-state index contributed by atoms with van der Waals surface area (Å²) in [6, 6.07) is 0. The molecule has 6 nitrogen and oxygen atoms in total. The number of rotatable bonds is 0. The Morgan fingerprint density at radius 3 is 2.00 bits per heavy atom. The molecule has 8 heavy (non-hydrogen) atoms. The highest BCUT2D eigenvalue weighted by molar-refractivity contribution is 4.22. The first-order chi connectivity index (χ1) is 3.83. The van der Waals surface area contributed by atoms with Crippen molar-refractivity contribution in [3.05, 3.63) is 5.08 Å². The van der Waals surface area contributed by atoms with Crippen molar-refractivity contribution in [1.82, 2.24) is 10.3 Å². The molecule has 0 unspecified atom stereocenters. The van der Waals surface area contributed by atoms with Gasteiger partial charge in [0.25, 0.3) is 5.39 Å². The van der Waals surface area contributed by atoms with Gasteiger partial charge in [-0.25, -0.2) is 0 Å². The van der Waals surface area contributed by atoms with Crippen LogP contribution in [0.4, 0.5) is 0 Å². The minimum atomic E-state index is 1.45. The lowest BCUT2D eigenvalue weighted by molar-refractivity contribution is 0.960. The van der Waals surface area contributed by atoms with E-state index < -0.39 is 0 Å². The predicted molar refractivity (Wildman–Crippen MR) is 27.3 cm³/mol. The Morgan fingerprint density at radius 1 is 1.75 bits per heavy atom. The Hall–Kier alpha value is -1.47. The van der Waals surface area contributed by atoms with E-state index in [0.717, 1.165) is 0 Å². The number of hydrogen-bond donors (Lipinski definition) is 2. The smallest absolute Gasteiger partial charge is 0.0474 e. The maximum absolute atomic E-state index is 7.39. The topological polar surface area (TPSA) is 90.5 Å². The Labute approximate surface area is 46.7 Å². The van der Waals surface area contributed by atoms with Crippen molar-refractivity contribution in [2.24, 2.45) is 5.11 Å². The number of nitrogens with one attached hydrogen (secondary N) is 2. The molecule has 0 saturated heterocycles. The lowest BCUT2D eigenvalue weighted by Gasteiger charge is -1.39. The fraction of sp³-hybridized carbons (Fsp3) is 1.00. The molecule has 2 N–H and O–H groups in total.